The van der Waals surface area contributed by atoms with Crippen LogP contribution in [0.1, 0.15) is 41.9 Å². The van der Waals surface area contributed by atoms with Gasteiger partial charge in [0.2, 0.25) is 5.95 Å². The van der Waals surface area contributed by atoms with Gasteiger partial charge in [0, 0.05) is 23.5 Å². The molecule has 0 radical (unpaired) electrons. The Morgan fingerprint density at radius 2 is 1.81 bits per heavy atom. The Kier molecular flexibility index (Phi) is 5.55. The number of amides is 1. The largest absolute Gasteiger partial charge is 0.493 e. The standard InChI is InChI=1S/C19H24N4O3/c1-12-10-15(23-19(20-12)22-13-6-4-5-7-13)18(24)21-14-8-9-16(25-2)17(11-14)26-3/h8-11,13H,4-7H2,1-3H3,(H,21,24)(H,20,22,23). The SMILES string of the molecule is COc1ccc(NC(=O)c2cc(C)nc(NC3CCCC3)n2)cc1OC. The first-order valence-corrected chi connectivity index (χ1v) is 8.74. The van der Waals surface area contributed by atoms with Gasteiger partial charge >= 0.3 is 0 Å². The first-order valence-electron chi connectivity index (χ1n) is 8.74. The number of aryl methyl sites for hydroxylation is 1. The molecule has 1 fully saturated rings. The quantitative estimate of drug-likeness (QED) is 0.825. The molecule has 1 aromatic carbocycles. The summed E-state index contributed by atoms with van der Waals surface area (Å²) in [5.74, 6) is 1.37. The summed E-state index contributed by atoms with van der Waals surface area (Å²) in [7, 11) is 3.12. The number of carbonyl (C=O) groups excluding carboxylic acids is 1. The van der Waals surface area contributed by atoms with Crippen LogP contribution in [-0.2, 0) is 0 Å². The maximum Gasteiger partial charge on any atom is 0.274 e. The van der Waals surface area contributed by atoms with Crippen molar-refractivity contribution in [2.75, 3.05) is 24.9 Å². The summed E-state index contributed by atoms with van der Waals surface area (Å²) in [5.41, 5.74) is 1.68. The minimum Gasteiger partial charge on any atom is -0.493 e. The van der Waals surface area contributed by atoms with Gasteiger partial charge in [0.05, 0.1) is 14.2 Å². The summed E-state index contributed by atoms with van der Waals surface area (Å²) in [6, 6.07) is 7.27. The maximum atomic E-state index is 12.6. The summed E-state index contributed by atoms with van der Waals surface area (Å²) < 4.78 is 10.5. The van der Waals surface area contributed by atoms with E-state index in [4.69, 9.17) is 9.47 Å². The molecule has 1 aromatic heterocycles. The highest BCUT2D eigenvalue weighted by molar-refractivity contribution is 6.03. The number of methoxy groups -OCH3 is 2. The topological polar surface area (TPSA) is 85.4 Å². The molecule has 7 nitrogen and oxygen atoms in total. The van der Waals surface area contributed by atoms with Crippen molar-refractivity contribution in [2.24, 2.45) is 0 Å². The van der Waals surface area contributed by atoms with E-state index in [-0.39, 0.29) is 5.91 Å². The van der Waals surface area contributed by atoms with Crippen molar-refractivity contribution in [1.29, 1.82) is 0 Å². The Balaban J connectivity index is 1.75. The average Bonchev–Trinajstić information content (AvgIpc) is 3.14. The lowest BCUT2D eigenvalue weighted by molar-refractivity contribution is 0.102. The lowest BCUT2D eigenvalue weighted by Gasteiger charge is -2.14. The molecule has 1 saturated carbocycles. The molecule has 0 unspecified atom stereocenters. The summed E-state index contributed by atoms with van der Waals surface area (Å²) in [5, 5.41) is 6.18. The Hall–Kier alpha value is -2.83. The van der Waals surface area contributed by atoms with Gasteiger partial charge in [-0.2, -0.15) is 0 Å². The molecule has 0 aliphatic heterocycles. The van der Waals surface area contributed by atoms with Gasteiger partial charge in [0.25, 0.3) is 5.91 Å². The third kappa shape index (κ3) is 4.22. The molecular weight excluding hydrogens is 332 g/mol. The van der Waals surface area contributed by atoms with Crippen molar-refractivity contribution < 1.29 is 14.3 Å². The number of rotatable bonds is 6. The fraction of sp³-hybridized carbons (Fsp3) is 0.421. The van der Waals surface area contributed by atoms with E-state index in [1.165, 1.54) is 12.8 Å². The molecule has 1 aliphatic carbocycles. The van der Waals surface area contributed by atoms with Crippen LogP contribution in [0.5, 0.6) is 11.5 Å². The molecule has 3 rings (SSSR count). The minimum atomic E-state index is -0.294. The number of aromatic nitrogens is 2. The first kappa shape index (κ1) is 18.0. The van der Waals surface area contributed by atoms with Gasteiger partial charge in [-0.15, -0.1) is 0 Å². The Morgan fingerprint density at radius 1 is 1.08 bits per heavy atom. The van der Waals surface area contributed by atoms with Crippen LogP contribution in [0, 0.1) is 6.92 Å². The second-order valence-corrected chi connectivity index (χ2v) is 6.37. The molecule has 0 saturated heterocycles. The third-order valence-electron chi connectivity index (χ3n) is 4.42. The molecule has 2 aromatic rings. The van der Waals surface area contributed by atoms with E-state index >= 15 is 0 Å². The van der Waals surface area contributed by atoms with Crippen LogP contribution in [0.15, 0.2) is 24.3 Å². The molecule has 7 heteroatoms. The number of nitrogens with one attached hydrogen (secondary N) is 2. The Bertz CT molecular complexity index is 788. The number of benzene rings is 1. The second-order valence-electron chi connectivity index (χ2n) is 6.37. The zero-order valence-electron chi connectivity index (χ0n) is 15.3. The number of nitrogens with zero attached hydrogens (tertiary/aromatic N) is 2. The number of anilines is 2. The van der Waals surface area contributed by atoms with Crippen LogP contribution < -0.4 is 20.1 Å². The summed E-state index contributed by atoms with van der Waals surface area (Å²) >= 11 is 0. The first-order chi connectivity index (χ1) is 12.6. The summed E-state index contributed by atoms with van der Waals surface area (Å²) in [6.45, 7) is 1.86. The third-order valence-corrected chi connectivity index (χ3v) is 4.42. The van der Waals surface area contributed by atoms with Crippen molar-refractivity contribution in [2.45, 2.75) is 38.6 Å². The van der Waals surface area contributed by atoms with Crippen LogP contribution in [0.2, 0.25) is 0 Å². The van der Waals surface area contributed by atoms with E-state index in [0.717, 1.165) is 18.5 Å². The van der Waals surface area contributed by atoms with Crippen LogP contribution in [0.25, 0.3) is 0 Å². The molecule has 26 heavy (non-hydrogen) atoms. The zero-order chi connectivity index (χ0) is 18.5. The molecule has 2 N–H and O–H groups in total. The number of hydrogen-bond acceptors (Lipinski definition) is 6. The maximum absolute atomic E-state index is 12.6. The van der Waals surface area contributed by atoms with E-state index in [2.05, 4.69) is 20.6 Å². The van der Waals surface area contributed by atoms with Crippen LogP contribution in [0.4, 0.5) is 11.6 Å². The van der Waals surface area contributed by atoms with Gasteiger partial charge in [-0.25, -0.2) is 9.97 Å². The molecule has 1 amide bonds. The van der Waals surface area contributed by atoms with E-state index in [1.807, 2.05) is 6.92 Å². The van der Waals surface area contributed by atoms with Crippen molar-refractivity contribution in [3.63, 3.8) is 0 Å². The van der Waals surface area contributed by atoms with Gasteiger partial charge in [-0.3, -0.25) is 4.79 Å². The second kappa shape index (κ2) is 8.03. The van der Waals surface area contributed by atoms with E-state index in [0.29, 0.717) is 34.9 Å². The Labute approximate surface area is 153 Å². The highest BCUT2D eigenvalue weighted by Gasteiger charge is 2.17. The van der Waals surface area contributed by atoms with Crippen molar-refractivity contribution in [3.05, 3.63) is 35.7 Å². The van der Waals surface area contributed by atoms with Crippen LogP contribution in [-0.4, -0.2) is 36.1 Å². The molecule has 138 valence electrons. The van der Waals surface area contributed by atoms with Crippen molar-refractivity contribution in [3.8, 4) is 11.5 Å². The smallest absolute Gasteiger partial charge is 0.274 e. The zero-order valence-corrected chi connectivity index (χ0v) is 15.3. The number of hydrogen-bond donors (Lipinski definition) is 2. The molecule has 1 heterocycles. The number of carbonyl (C=O) groups is 1. The minimum absolute atomic E-state index is 0.294. The molecule has 0 spiro atoms. The molecule has 0 atom stereocenters. The highest BCUT2D eigenvalue weighted by atomic mass is 16.5. The van der Waals surface area contributed by atoms with Gasteiger partial charge in [0.15, 0.2) is 11.5 Å². The summed E-state index contributed by atoms with van der Waals surface area (Å²) in [6.07, 6.45) is 4.67. The number of ether oxygens (including phenoxy) is 2. The average molecular weight is 356 g/mol. The van der Waals surface area contributed by atoms with Gasteiger partial charge in [-0.05, 0) is 38.0 Å². The van der Waals surface area contributed by atoms with Crippen LogP contribution in [0.3, 0.4) is 0 Å². The van der Waals surface area contributed by atoms with E-state index in [1.54, 1.807) is 38.5 Å². The monoisotopic (exact) mass is 356 g/mol. The van der Waals surface area contributed by atoms with Gasteiger partial charge in [-0.1, -0.05) is 12.8 Å². The summed E-state index contributed by atoms with van der Waals surface area (Å²) in [4.78, 5) is 21.4. The van der Waals surface area contributed by atoms with Gasteiger partial charge in [0.1, 0.15) is 5.69 Å². The van der Waals surface area contributed by atoms with Crippen molar-refractivity contribution in [1.82, 2.24) is 9.97 Å². The van der Waals surface area contributed by atoms with E-state index in [9.17, 15) is 4.79 Å². The molecule has 1 aliphatic rings. The fourth-order valence-electron chi connectivity index (χ4n) is 3.11. The lowest BCUT2D eigenvalue weighted by atomic mass is 10.2. The van der Waals surface area contributed by atoms with Gasteiger partial charge < -0.3 is 20.1 Å². The Morgan fingerprint density at radius 3 is 2.50 bits per heavy atom. The predicted molar refractivity (Wildman–Crippen MR) is 100 cm³/mol. The lowest BCUT2D eigenvalue weighted by Crippen LogP contribution is -2.20. The van der Waals surface area contributed by atoms with E-state index < -0.39 is 0 Å². The van der Waals surface area contributed by atoms with Crippen molar-refractivity contribution >= 4 is 17.5 Å². The predicted octanol–water partition coefficient (Wildman–Crippen LogP) is 3.41. The molecule has 0 bridgehead atoms. The highest BCUT2D eigenvalue weighted by Crippen LogP contribution is 2.30. The fourth-order valence-corrected chi connectivity index (χ4v) is 3.11. The molecular formula is C19H24N4O3. The normalized spacial score (nSPS) is 14.1. The van der Waals surface area contributed by atoms with Crippen LogP contribution >= 0.6 is 0 Å².